The van der Waals surface area contributed by atoms with Gasteiger partial charge in [0.2, 0.25) is 15.8 Å². The summed E-state index contributed by atoms with van der Waals surface area (Å²) in [6.45, 7) is 2.01. The molecule has 1 aromatic carbocycles. The molecular weight excluding hydrogens is 409 g/mol. The summed E-state index contributed by atoms with van der Waals surface area (Å²) in [4.78, 5) is 4.07. The average molecular weight is 432 g/mol. The Morgan fingerprint density at radius 1 is 1.17 bits per heavy atom. The van der Waals surface area contributed by atoms with E-state index in [4.69, 9.17) is 4.52 Å². The van der Waals surface area contributed by atoms with Crippen molar-refractivity contribution in [1.29, 1.82) is 0 Å². The van der Waals surface area contributed by atoms with Gasteiger partial charge in [-0.05, 0) is 44.6 Å². The maximum atomic E-state index is 13.2. The van der Waals surface area contributed by atoms with Crippen molar-refractivity contribution in [2.75, 3.05) is 17.6 Å². The second-order valence-electron chi connectivity index (χ2n) is 7.08. The summed E-state index contributed by atoms with van der Waals surface area (Å²) in [6, 6.07) is 5.20. The van der Waals surface area contributed by atoms with Gasteiger partial charge in [0.25, 0.3) is 0 Å². The van der Waals surface area contributed by atoms with Crippen LogP contribution in [0.5, 0.6) is 0 Å². The second kappa shape index (κ2) is 8.70. The Hall–Kier alpha value is -2.14. The molecule has 0 saturated heterocycles. The van der Waals surface area contributed by atoms with Gasteiger partial charge in [-0.25, -0.2) is 13.1 Å². The van der Waals surface area contributed by atoms with E-state index < -0.39 is 21.8 Å². The number of hydrogen-bond acceptors (Lipinski definition) is 6. The molecule has 7 nitrogen and oxygen atoms in total. The van der Waals surface area contributed by atoms with Crippen LogP contribution in [0.15, 0.2) is 28.8 Å². The molecule has 1 aromatic heterocycles. The Bertz CT molecular complexity index is 922. The van der Waals surface area contributed by atoms with Crippen molar-refractivity contribution in [1.82, 2.24) is 14.9 Å². The molecular formula is C18H23F3N4O3S. The van der Waals surface area contributed by atoms with Crippen LogP contribution in [-0.4, -0.2) is 36.9 Å². The van der Waals surface area contributed by atoms with Gasteiger partial charge in [0.05, 0.1) is 11.3 Å². The molecule has 1 fully saturated rings. The molecule has 0 amide bonds. The second-order valence-corrected chi connectivity index (χ2v) is 9.18. The van der Waals surface area contributed by atoms with Crippen molar-refractivity contribution in [3.8, 4) is 11.4 Å². The third-order valence-corrected chi connectivity index (χ3v) is 6.41. The highest BCUT2D eigenvalue weighted by molar-refractivity contribution is 7.89. The number of sulfonamides is 1. The number of nitrogens with zero attached hydrogens (tertiary/aromatic N) is 2. The molecule has 2 N–H and O–H groups in total. The molecule has 1 aliphatic rings. The van der Waals surface area contributed by atoms with Crippen LogP contribution in [0.25, 0.3) is 11.4 Å². The molecule has 29 heavy (non-hydrogen) atoms. The van der Waals surface area contributed by atoms with Gasteiger partial charge in [0, 0.05) is 18.2 Å². The minimum Gasteiger partial charge on any atom is -0.335 e. The van der Waals surface area contributed by atoms with Gasteiger partial charge in [-0.3, -0.25) is 0 Å². The van der Waals surface area contributed by atoms with Crippen LogP contribution in [0.3, 0.4) is 0 Å². The van der Waals surface area contributed by atoms with E-state index >= 15 is 0 Å². The smallest absolute Gasteiger partial charge is 0.335 e. The zero-order valence-corrected chi connectivity index (χ0v) is 16.7. The van der Waals surface area contributed by atoms with Crippen molar-refractivity contribution in [2.24, 2.45) is 5.92 Å². The molecule has 1 aliphatic carbocycles. The number of alkyl halides is 3. The number of benzene rings is 1. The molecule has 0 unspecified atom stereocenters. The predicted molar refractivity (Wildman–Crippen MR) is 102 cm³/mol. The molecule has 0 spiro atoms. The Morgan fingerprint density at radius 3 is 2.52 bits per heavy atom. The van der Waals surface area contributed by atoms with E-state index in [1.54, 1.807) is 6.92 Å². The Kier molecular flexibility index (Phi) is 6.47. The van der Waals surface area contributed by atoms with Crippen LogP contribution >= 0.6 is 0 Å². The SMILES string of the molecule is CCS(=O)(=O)NCC1CCC(Nc2nc(-c3ccccc3C(F)(F)F)no2)CC1. The fraction of sp³-hybridized carbons (Fsp3) is 0.556. The monoisotopic (exact) mass is 432 g/mol. The summed E-state index contributed by atoms with van der Waals surface area (Å²) in [5, 5.41) is 6.75. The predicted octanol–water partition coefficient (Wildman–Crippen LogP) is 3.67. The van der Waals surface area contributed by atoms with Crippen LogP contribution in [0.2, 0.25) is 0 Å². The van der Waals surface area contributed by atoms with E-state index in [0.29, 0.717) is 6.54 Å². The standard InChI is InChI=1S/C18H23F3N4O3S/c1-2-29(26,27)22-11-12-7-9-13(10-8-12)23-17-24-16(25-28-17)14-5-3-4-6-15(14)18(19,20)21/h3-6,12-13,22H,2,7-11H2,1H3,(H,23,24,25). The number of nitrogens with one attached hydrogen (secondary N) is 2. The maximum absolute atomic E-state index is 13.2. The third kappa shape index (κ3) is 5.69. The maximum Gasteiger partial charge on any atom is 0.417 e. The molecule has 0 bridgehead atoms. The lowest BCUT2D eigenvalue weighted by atomic mass is 9.86. The van der Waals surface area contributed by atoms with Crippen molar-refractivity contribution in [2.45, 2.75) is 44.8 Å². The van der Waals surface area contributed by atoms with E-state index in [1.807, 2.05) is 0 Å². The lowest BCUT2D eigenvalue weighted by molar-refractivity contribution is -0.137. The highest BCUT2D eigenvalue weighted by Gasteiger charge is 2.34. The van der Waals surface area contributed by atoms with Crippen molar-refractivity contribution < 1.29 is 26.1 Å². The van der Waals surface area contributed by atoms with Crippen LogP contribution in [0, 0.1) is 5.92 Å². The normalized spacial score (nSPS) is 20.6. The summed E-state index contributed by atoms with van der Waals surface area (Å²) in [5.41, 5.74) is -0.953. The Labute approximate surface area is 167 Å². The summed E-state index contributed by atoms with van der Waals surface area (Å²) in [5.74, 6) is 0.190. The molecule has 1 saturated carbocycles. The van der Waals surface area contributed by atoms with Crippen LogP contribution in [-0.2, 0) is 16.2 Å². The third-order valence-electron chi connectivity index (χ3n) is 5.05. The largest absolute Gasteiger partial charge is 0.417 e. The molecule has 3 rings (SSSR count). The van der Waals surface area contributed by atoms with E-state index in [0.717, 1.165) is 31.7 Å². The number of rotatable bonds is 7. The van der Waals surface area contributed by atoms with E-state index in [-0.39, 0.29) is 35.1 Å². The van der Waals surface area contributed by atoms with Crippen molar-refractivity contribution >= 4 is 16.0 Å². The van der Waals surface area contributed by atoms with Crippen LogP contribution in [0.1, 0.15) is 38.2 Å². The van der Waals surface area contributed by atoms with Gasteiger partial charge >= 0.3 is 12.2 Å². The van der Waals surface area contributed by atoms with Gasteiger partial charge < -0.3 is 9.84 Å². The summed E-state index contributed by atoms with van der Waals surface area (Å²) in [6.07, 6.45) is -1.32. The van der Waals surface area contributed by atoms with Crippen molar-refractivity contribution in [3.05, 3.63) is 29.8 Å². The number of halogens is 3. The highest BCUT2D eigenvalue weighted by atomic mass is 32.2. The van der Waals surface area contributed by atoms with Gasteiger partial charge in [-0.2, -0.15) is 18.2 Å². The first kappa shape index (κ1) is 21.6. The molecule has 0 atom stereocenters. The van der Waals surface area contributed by atoms with Gasteiger partial charge in [0.15, 0.2) is 0 Å². The van der Waals surface area contributed by atoms with E-state index in [1.165, 1.54) is 18.2 Å². The highest BCUT2D eigenvalue weighted by Crippen LogP contribution is 2.36. The first-order valence-electron chi connectivity index (χ1n) is 9.42. The fourth-order valence-electron chi connectivity index (χ4n) is 3.35. The fourth-order valence-corrected chi connectivity index (χ4v) is 4.04. The minimum atomic E-state index is -4.51. The van der Waals surface area contributed by atoms with Crippen molar-refractivity contribution in [3.63, 3.8) is 0 Å². The lowest BCUT2D eigenvalue weighted by Crippen LogP contribution is -2.34. The minimum absolute atomic E-state index is 0.0418. The van der Waals surface area contributed by atoms with Crippen LogP contribution in [0.4, 0.5) is 19.2 Å². The Balaban J connectivity index is 1.57. The van der Waals surface area contributed by atoms with E-state index in [2.05, 4.69) is 20.2 Å². The summed E-state index contributed by atoms with van der Waals surface area (Å²) in [7, 11) is -3.20. The first-order chi connectivity index (χ1) is 13.7. The van der Waals surface area contributed by atoms with Crippen LogP contribution < -0.4 is 10.0 Å². The molecule has 1 heterocycles. The number of anilines is 1. The number of aromatic nitrogens is 2. The lowest BCUT2D eigenvalue weighted by Gasteiger charge is -2.28. The zero-order chi connectivity index (χ0) is 21.1. The average Bonchev–Trinajstić information content (AvgIpc) is 3.15. The van der Waals surface area contributed by atoms with Gasteiger partial charge in [-0.15, -0.1) is 0 Å². The first-order valence-corrected chi connectivity index (χ1v) is 11.1. The summed E-state index contributed by atoms with van der Waals surface area (Å²) < 4.78 is 70.2. The number of hydrogen-bond donors (Lipinski definition) is 2. The van der Waals surface area contributed by atoms with Gasteiger partial charge in [-0.1, -0.05) is 23.4 Å². The molecule has 0 aliphatic heterocycles. The topological polar surface area (TPSA) is 97.1 Å². The molecule has 11 heteroatoms. The zero-order valence-electron chi connectivity index (χ0n) is 15.9. The molecule has 2 aromatic rings. The quantitative estimate of drug-likeness (QED) is 0.693. The Morgan fingerprint density at radius 2 is 1.86 bits per heavy atom. The summed E-state index contributed by atoms with van der Waals surface area (Å²) >= 11 is 0. The molecule has 0 radical (unpaired) electrons. The van der Waals surface area contributed by atoms with E-state index in [9.17, 15) is 21.6 Å². The van der Waals surface area contributed by atoms with Gasteiger partial charge in [0.1, 0.15) is 0 Å². The molecule has 160 valence electrons.